The van der Waals surface area contributed by atoms with Crippen LogP contribution in [-0.4, -0.2) is 18.5 Å². The first-order valence-corrected chi connectivity index (χ1v) is 8.89. The molecule has 3 N–H and O–H groups in total. The molecule has 0 bridgehead atoms. The van der Waals surface area contributed by atoms with Crippen molar-refractivity contribution in [3.63, 3.8) is 0 Å². The Morgan fingerprint density at radius 3 is 2.41 bits per heavy atom. The van der Waals surface area contributed by atoms with Gasteiger partial charge >= 0.3 is 0 Å². The van der Waals surface area contributed by atoms with Crippen LogP contribution in [0.15, 0.2) is 18.2 Å². The monoisotopic (exact) mass is 303 g/mol. The Kier molecular flexibility index (Phi) is 6.44. The highest BCUT2D eigenvalue weighted by molar-refractivity contribution is 5.93. The highest BCUT2D eigenvalue weighted by Crippen LogP contribution is 2.23. The number of nitrogens with one attached hydrogen (secondary N) is 1. The van der Waals surface area contributed by atoms with Crippen LogP contribution >= 0.6 is 0 Å². The minimum Gasteiger partial charge on any atom is -0.336 e. The number of amides is 1. The van der Waals surface area contributed by atoms with Gasteiger partial charge in [-0.3, -0.25) is 4.79 Å². The Hall–Kier alpha value is -1.35. The third-order valence-electron chi connectivity index (χ3n) is 5.05. The summed E-state index contributed by atoms with van der Waals surface area (Å²) in [5.74, 6) is 0.865. The molecule has 122 valence electrons. The molecule has 2 atom stereocenters. The fraction of sp³-hybridized carbons (Fsp3) is 0.632. The van der Waals surface area contributed by atoms with Crippen molar-refractivity contribution >= 4 is 11.6 Å². The topological polar surface area (TPSA) is 45.7 Å². The van der Waals surface area contributed by atoms with Crippen molar-refractivity contribution in [2.45, 2.75) is 65.3 Å². The molecule has 0 unspecified atom stereocenters. The zero-order valence-corrected chi connectivity index (χ0v) is 14.3. The summed E-state index contributed by atoms with van der Waals surface area (Å²) >= 11 is 0. The Balaban J connectivity index is 1.94. The van der Waals surface area contributed by atoms with Crippen LogP contribution in [-0.2, 0) is 17.6 Å². The number of carbonyl (C=O) groups is 1. The van der Waals surface area contributed by atoms with E-state index in [9.17, 15) is 4.79 Å². The molecule has 1 aliphatic carbocycles. The van der Waals surface area contributed by atoms with Gasteiger partial charge in [0.15, 0.2) is 6.54 Å². The van der Waals surface area contributed by atoms with Crippen LogP contribution in [0.1, 0.15) is 57.6 Å². The zero-order chi connectivity index (χ0) is 15.9. The molecule has 0 aliphatic heterocycles. The van der Waals surface area contributed by atoms with E-state index in [0.717, 1.165) is 24.4 Å². The standard InChI is InChI=1S/C19H30N2O/c1-4-15-10-8-11-16(5-2)19(15)21-18(22)13-20-17-12-7-6-9-14(17)3/h8,10-11,14,17,20H,4-7,9,12-13H2,1-3H3,(H,21,22)/p+1/t14-,17+/m0/s1. The lowest BCUT2D eigenvalue weighted by Crippen LogP contribution is -2.93. The maximum Gasteiger partial charge on any atom is 0.279 e. The fourth-order valence-corrected chi connectivity index (χ4v) is 3.55. The van der Waals surface area contributed by atoms with Crippen LogP contribution in [0.25, 0.3) is 0 Å². The van der Waals surface area contributed by atoms with Gasteiger partial charge in [0.25, 0.3) is 5.91 Å². The van der Waals surface area contributed by atoms with E-state index < -0.39 is 0 Å². The summed E-state index contributed by atoms with van der Waals surface area (Å²) < 4.78 is 0. The van der Waals surface area contributed by atoms with E-state index in [1.165, 1.54) is 36.8 Å². The lowest BCUT2D eigenvalue weighted by molar-refractivity contribution is -0.687. The Bertz CT molecular complexity index is 476. The first kappa shape index (κ1) is 17.0. The van der Waals surface area contributed by atoms with Gasteiger partial charge in [0.2, 0.25) is 0 Å². The molecular weight excluding hydrogens is 272 g/mol. The summed E-state index contributed by atoms with van der Waals surface area (Å²) in [6.45, 7) is 7.14. The molecular formula is C19H31N2O+. The van der Waals surface area contributed by atoms with E-state index in [4.69, 9.17) is 0 Å². The number of rotatable bonds is 6. The number of aryl methyl sites for hydroxylation is 2. The summed E-state index contributed by atoms with van der Waals surface area (Å²) in [6, 6.07) is 6.93. The molecule has 1 aromatic carbocycles. The summed E-state index contributed by atoms with van der Waals surface area (Å²) in [5, 5.41) is 5.41. The highest BCUT2D eigenvalue weighted by Gasteiger charge is 2.24. The van der Waals surface area contributed by atoms with Crippen LogP contribution in [0.5, 0.6) is 0 Å². The molecule has 1 saturated carbocycles. The third-order valence-corrected chi connectivity index (χ3v) is 5.05. The van der Waals surface area contributed by atoms with Crippen molar-refractivity contribution in [1.29, 1.82) is 0 Å². The van der Waals surface area contributed by atoms with Crippen molar-refractivity contribution < 1.29 is 10.1 Å². The van der Waals surface area contributed by atoms with Crippen molar-refractivity contribution in [3.05, 3.63) is 29.3 Å². The number of benzene rings is 1. The average Bonchev–Trinajstić information content (AvgIpc) is 2.54. The molecule has 0 heterocycles. The summed E-state index contributed by atoms with van der Waals surface area (Å²) in [5.41, 5.74) is 3.51. The third kappa shape index (κ3) is 4.33. The minimum atomic E-state index is 0.133. The average molecular weight is 303 g/mol. The number of hydrogen-bond acceptors (Lipinski definition) is 1. The van der Waals surface area contributed by atoms with Crippen LogP contribution in [0.4, 0.5) is 5.69 Å². The lowest BCUT2D eigenvalue weighted by atomic mass is 9.86. The molecule has 1 aromatic rings. The summed E-state index contributed by atoms with van der Waals surface area (Å²) in [7, 11) is 0. The first-order chi connectivity index (χ1) is 10.7. The number of para-hydroxylation sites is 1. The molecule has 1 amide bonds. The summed E-state index contributed by atoms with van der Waals surface area (Å²) in [4.78, 5) is 12.4. The Morgan fingerprint density at radius 2 is 1.82 bits per heavy atom. The van der Waals surface area contributed by atoms with Gasteiger partial charge < -0.3 is 10.6 Å². The van der Waals surface area contributed by atoms with E-state index in [2.05, 4.69) is 49.6 Å². The smallest absolute Gasteiger partial charge is 0.279 e. The van der Waals surface area contributed by atoms with Gasteiger partial charge in [-0.1, -0.05) is 45.4 Å². The second-order valence-electron chi connectivity index (χ2n) is 6.57. The van der Waals surface area contributed by atoms with Gasteiger partial charge in [-0.2, -0.15) is 0 Å². The second-order valence-corrected chi connectivity index (χ2v) is 6.57. The molecule has 3 heteroatoms. The highest BCUT2D eigenvalue weighted by atomic mass is 16.1. The molecule has 0 aromatic heterocycles. The summed E-state index contributed by atoms with van der Waals surface area (Å²) in [6.07, 6.45) is 7.12. The van der Waals surface area contributed by atoms with Gasteiger partial charge in [-0.15, -0.1) is 0 Å². The van der Waals surface area contributed by atoms with Gasteiger partial charge in [0.05, 0.1) is 6.04 Å². The van der Waals surface area contributed by atoms with Crippen LogP contribution in [0.2, 0.25) is 0 Å². The molecule has 22 heavy (non-hydrogen) atoms. The van der Waals surface area contributed by atoms with Gasteiger partial charge in [0, 0.05) is 11.6 Å². The van der Waals surface area contributed by atoms with Crippen molar-refractivity contribution in [2.75, 3.05) is 11.9 Å². The molecule has 3 nitrogen and oxygen atoms in total. The number of hydrogen-bond donors (Lipinski definition) is 2. The van der Waals surface area contributed by atoms with Crippen LogP contribution in [0, 0.1) is 5.92 Å². The van der Waals surface area contributed by atoms with E-state index in [-0.39, 0.29) is 5.91 Å². The normalized spacial score (nSPS) is 21.6. The van der Waals surface area contributed by atoms with Gasteiger partial charge in [-0.25, -0.2) is 0 Å². The SMILES string of the molecule is CCc1cccc(CC)c1NC(=O)C[NH2+][C@@H]1CCCC[C@@H]1C. The van der Waals surface area contributed by atoms with Crippen LogP contribution < -0.4 is 10.6 Å². The molecule has 2 rings (SSSR count). The lowest BCUT2D eigenvalue weighted by Gasteiger charge is -2.26. The zero-order valence-electron chi connectivity index (χ0n) is 14.3. The van der Waals surface area contributed by atoms with E-state index in [0.29, 0.717) is 12.6 Å². The van der Waals surface area contributed by atoms with E-state index in [1.54, 1.807) is 0 Å². The quantitative estimate of drug-likeness (QED) is 0.834. The van der Waals surface area contributed by atoms with Crippen LogP contribution in [0.3, 0.4) is 0 Å². The van der Waals surface area contributed by atoms with Gasteiger partial charge in [-0.05, 0) is 43.2 Å². The fourth-order valence-electron chi connectivity index (χ4n) is 3.55. The molecule has 0 spiro atoms. The predicted molar refractivity (Wildman–Crippen MR) is 92.0 cm³/mol. The van der Waals surface area contributed by atoms with Crippen molar-refractivity contribution in [3.8, 4) is 0 Å². The molecule has 1 fully saturated rings. The predicted octanol–water partition coefficient (Wildman–Crippen LogP) is 2.89. The minimum absolute atomic E-state index is 0.133. The Labute approximate surface area is 134 Å². The second kappa shape index (κ2) is 8.33. The van der Waals surface area contributed by atoms with Crippen molar-refractivity contribution in [2.24, 2.45) is 5.92 Å². The largest absolute Gasteiger partial charge is 0.336 e. The number of anilines is 1. The molecule has 0 radical (unpaired) electrons. The first-order valence-electron chi connectivity index (χ1n) is 8.89. The number of nitrogens with two attached hydrogens (primary N) is 1. The van der Waals surface area contributed by atoms with Crippen molar-refractivity contribution in [1.82, 2.24) is 0 Å². The maximum absolute atomic E-state index is 12.4. The van der Waals surface area contributed by atoms with E-state index >= 15 is 0 Å². The van der Waals surface area contributed by atoms with Gasteiger partial charge in [0.1, 0.15) is 0 Å². The molecule has 0 saturated heterocycles. The maximum atomic E-state index is 12.4. The number of quaternary nitrogens is 1. The molecule has 1 aliphatic rings. The van der Waals surface area contributed by atoms with E-state index in [1.807, 2.05) is 0 Å². The number of carbonyl (C=O) groups excluding carboxylic acids is 1. The Morgan fingerprint density at radius 1 is 1.18 bits per heavy atom.